The number of fused-ring (bicyclic) bond motifs is 1. The molecule has 2 aliphatic heterocycles. The minimum atomic E-state index is -3.97. The van der Waals surface area contributed by atoms with Crippen molar-refractivity contribution >= 4 is 27.6 Å². The van der Waals surface area contributed by atoms with Crippen LogP contribution in [0.5, 0.6) is 0 Å². The first-order valence-corrected chi connectivity index (χ1v) is 10.3. The van der Waals surface area contributed by atoms with E-state index in [1.165, 1.54) is 25.2 Å². The number of hydrogen-bond donors (Lipinski definition) is 3. The second-order valence-electron chi connectivity index (χ2n) is 6.97. The number of nitrogens with zero attached hydrogens (tertiary/aromatic N) is 2. The van der Waals surface area contributed by atoms with Gasteiger partial charge in [-0.25, -0.2) is 26.5 Å². The van der Waals surface area contributed by atoms with Crippen molar-refractivity contribution in [2.75, 3.05) is 25.6 Å². The number of carbonyl (C=O) groups excluding carboxylic acids is 1. The average molecular weight is 437 g/mol. The molecule has 2 fully saturated rings. The van der Waals surface area contributed by atoms with Crippen LogP contribution in [0.15, 0.2) is 36.5 Å². The predicted octanol–water partition coefficient (Wildman–Crippen LogP) is 1.01. The van der Waals surface area contributed by atoms with Gasteiger partial charge in [-0.2, -0.15) is 0 Å². The van der Waals surface area contributed by atoms with E-state index in [4.69, 9.17) is 10.1 Å². The molecule has 158 valence electrons. The van der Waals surface area contributed by atoms with Crippen molar-refractivity contribution in [3.8, 4) is 0 Å². The summed E-state index contributed by atoms with van der Waals surface area (Å²) in [6.45, 7) is -0.358. The molecule has 0 bridgehead atoms. The van der Waals surface area contributed by atoms with Gasteiger partial charge in [-0.15, -0.1) is 0 Å². The van der Waals surface area contributed by atoms with Crippen molar-refractivity contribution in [1.29, 1.82) is 5.41 Å². The SMILES string of the molecule is CN1C(=N)N[C@@]2(c3cc(NC(=O)c4ccc(F)cn4)ccc3F)COC[C@H]2S1(=O)=O. The van der Waals surface area contributed by atoms with Gasteiger partial charge in [-0.1, -0.05) is 0 Å². The molecular formula is C18H17F2N5O4S. The van der Waals surface area contributed by atoms with Gasteiger partial charge >= 0.3 is 0 Å². The van der Waals surface area contributed by atoms with Crippen molar-refractivity contribution < 1.29 is 26.7 Å². The number of anilines is 1. The molecule has 1 aromatic carbocycles. The highest BCUT2D eigenvalue weighted by Crippen LogP contribution is 2.41. The lowest BCUT2D eigenvalue weighted by molar-refractivity contribution is 0.102. The van der Waals surface area contributed by atoms with Crippen LogP contribution in [0.1, 0.15) is 16.1 Å². The van der Waals surface area contributed by atoms with E-state index in [1.807, 2.05) is 0 Å². The lowest BCUT2D eigenvalue weighted by atomic mass is 9.87. The molecule has 1 aromatic heterocycles. The third-order valence-electron chi connectivity index (χ3n) is 5.21. The van der Waals surface area contributed by atoms with Crippen LogP contribution in [0.4, 0.5) is 14.5 Å². The summed E-state index contributed by atoms with van der Waals surface area (Å²) in [6, 6.07) is 5.96. The van der Waals surface area contributed by atoms with Crippen LogP contribution in [0.3, 0.4) is 0 Å². The van der Waals surface area contributed by atoms with Crippen LogP contribution >= 0.6 is 0 Å². The van der Waals surface area contributed by atoms with E-state index in [0.717, 1.165) is 22.6 Å². The number of aromatic nitrogens is 1. The fourth-order valence-corrected chi connectivity index (χ4v) is 5.31. The molecule has 0 radical (unpaired) electrons. The average Bonchev–Trinajstić information content (AvgIpc) is 3.14. The van der Waals surface area contributed by atoms with Gasteiger partial charge in [0.25, 0.3) is 5.91 Å². The second kappa shape index (κ2) is 6.99. The quantitative estimate of drug-likeness (QED) is 0.658. The molecule has 3 heterocycles. The maximum atomic E-state index is 14.8. The number of carbonyl (C=O) groups is 1. The van der Waals surface area contributed by atoms with E-state index in [2.05, 4.69) is 15.6 Å². The molecule has 0 aliphatic carbocycles. The molecule has 9 nitrogen and oxygen atoms in total. The predicted molar refractivity (Wildman–Crippen MR) is 102 cm³/mol. The smallest absolute Gasteiger partial charge is 0.274 e. The van der Waals surface area contributed by atoms with Gasteiger partial charge in [0.05, 0.1) is 19.4 Å². The molecular weight excluding hydrogens is 420 g/mol. The van der Waals surface area contributed by atoms with Gasteiger partial charge in [-0.3, -0.25) is 10.2 Å². The summed E-state index contributed by atoms with van der Waals surface area (Å²) in [6.07, 6.45) is 0.892. The highest BCUT2D eigenvalue weighted by Gasteiger charge is 2.59. The van der Waals surface area contributed by atoms with Crippen LogP contribution in [-0.2, 0) is 20.3 Å². The zero-order valence-corrected chi connectivity index (χ0v) is 16.5. The fourth-order valence-electron chi connectivity index (χ4n) is 3.60. The van der Waals surface area contributed by atoms with Crippen molar-refractivity contribution in [3.63, 3.8) is 0 Å². The van der Waals surface area contributed by atoms with Crippen molar-refractivity contribution in [2.24, 2.45) is 0 Å². The number of sulfonamides is 1. The minimum Gasteiger partial charge on any atom is -0.377 e. The van der Waals surface area contributed by atoms with Crippen LogP contribution in [0.25, 0.3) is 0 Å². The van der Waals surface area contributed by atoms with Gasteiger partial charge in [-0.05, 0) is 30.3 Å². The zero-order valence-electron chi connectivity index (χ0n) is 15.6. The van der Waals surface area contributed by atoms with Gasteiger partial charge < -0.3 is 15.4 Å². The molecule has 0 saturated carbocycles. The molecule has 3 N–H and O–H groups in total. The molecule has 2 saturated heterocycles. The lowest BCUT2D eigenvalue weighted by Crippen LogP contribution is -2.67. The second-order valence-corrected chi connectivity index (χ2v) is 9.12. The highest BCUT2D eigenvalue weighted by atomic mass is 32.2. The Kier molecular flexibility index (Phi) is 4.70. The molecule has 2 aromatic rings. The van der Waals surface area contributed by atoms with Crippen LogP contribution in [0, 0.1) is 17.0 Å². The topological polar surface area (TPSA) is 124 Å². The Morgan fingerprint density at radius 2 is 2.13 bits per heavy atom. The molecule has 4 rings (SSSR count). The first-order chi connectivity index (χ1) is 14.1. The summed E-state index contributed by atoms with van der Waals surface area (Å²) in [5.74, 6) is -2.38. The number of halogens is 2. The van der Waals surface area contributed by atoms with Gasteiger partial charge in [0.15, 0.2) is 0 Å². The standard InChI is InChI=1S/C18H17F2N5O4S/c1-25-17(21)24-18(9-29-8-15(18)30(25,27)28)12-6-11(3-4-13(12)20)23-16(26)14-5-2-10(19)7-22-14/h2-7,15H,8-9H2,1H3,(H2,21,24)(H,23,26)/t15-,18-/m1/s1. The summed E-state index contributed by atoms with van der Waals surface area (Å²) in [7, 11) is -2.74. The third kappa shape index (κ3) is 3.08. The van der Waals surface area contributed by atoms with Crippen LogP contribution in [-0.4, -0.2) is 55.1 Å². The Balaban J connectivity index is 1.72. The minimum absolute atomic E-state index is 0.0516. The van der Waals surface area contributed by atoms with E-state index in [9.17, 15) is 22.0 Å². The van der Waals surface area contributed by atoms with Crippen LogP contribution < -0.4 is 10.6 Å². The third-order valence-corrected chi connectivity index (χ3v) is 7.41. The largest absolute Gasteiger partial charge is 0.377 e. The number of guanidine groups is 1. The summed E-state index contributed by atoms with van der Waals surface area (Å²) < 4.78 is 59.6. The van der Waals surface area contributed by atoms with Crippen molar-refractivity contribution in [2.45, 2.75) is 10.8 Å². The Morgan fingerprint density at radius 3 is 2.83 bits per heavy atom. The Labute approximate surface area is 170 Å². The lowest BCUT2D eigenvalue weighted by Gasteiger charge is -2.43. The first kappa shape index (κ1) is 20.2. The highest BCUT2D eigenvalue weighted by molar-refractivity contribution is 7.90. The van der Waals surface area contributed by atoms with Gasteiger partial charge in [0.2, 0.25) is 16.0 Å². The van der Waals surface area contributed by atoms with Crippen molar-refractivity contribution in [3.05, 3.63) is 59.4 Å². The molecule has 1 amide bonds. The monoisotopic (exact) mass is 437 g/mol. The maximum absolute atomic E-state index is 14.8. The maximum Gasteiger partial charge on any atom is 0.274 e. The van der Waals surface area contributed by atoms with E-state index >= 15 is 0 Å². The Bertz CT molecular complexity index is 1140. The Morgan fingerprint density at radius 1 is 1.37 bits per heavy atom. The van der Waals surface area contributed by atoms with E-state index in [0.29, 0.717) is 0 Å². The molecule has 0 spiro atoms. The number of hydrogen-bond acceptors (Lipinski definition) is 6. The zero-order chi connectivity index (χ0) is 21.7. The summed E-state index contributed by atoms with van der Waals surface area (Å²) in [4.78, 5) is 16.0. The Hall–Kier alpha value is -3.12. The molecule has 2 atom stereocenters. The van der Waals surface area contributed by atoms with E-state index in [1.54, 1.807) is 0 Å². The number of pyridine rings is 1. The van der Waals surface area contributed by atoms with Crippen LogP contribution in [0.2, 0.25) is 0 Å². The number of ether oxygens (including phenoxy) is 1. The van der Waals surface area contributed by atoms with Crippen molar-refractivity contribution in [1.82, 2.24) is 14.6 Å². The number of benzene rings is 1. The van der Waals surface area contributed by atoms with Gasteiger partial charge in [0.1, 0.15) is 28.1 Å². The summed E-state index contributed by atoms with van der Waals surface area (Å²) in [5.41, 5.74) is -1.46. The van der Waals surface area contributed by atoms with E-state index < -0.39 is 44.3 Å². The van der Waals surface area contributed by atoms with Gasteiger partial charge in [0, 0.05) is 18.3 Å². The molecule has 30 heavy (non-hydrogen) atoms. The number of rotatable bonds is 3. The fraction of sp³-hybridized carbons (Fsp3) is 0.278. The number of nitrogens with one attached hydrogen (secondary N) is 3. The molecule has 2 aliphatic rings. The number of amides is 1. The normalized spacial score (nSPS) is 24.8. The molecule has 0 unspecified atom stereocenters. The summed E-state index contributed by atoms with van der Waals surface area (Å²) >= 11 is 0. The first-order valence-electron chi connectivity index (χ1n) is 8.80. The summed E-state index contributed by atoms with van der Waals surface area (Å²) in [5, 5.41) is 12.1. The molecule has 12 heteroatoms. The van der Waals surface area contributed by atoms with E-state index in [-0.39, 0.29) is 30.2 Å².